The van der Waals surface area contributed by atoms with E-state index in [1.807, 2.05) is 41.5 Å². The van der Waals surface area contributed by atoms with Gasteiger partial charge in [-0.05, 0) is 30.5 Å². The molecule has 1 aromatic heterocycles. The minimum atomic E-state index is -0.296. The first-order chi connectivity index (χ1) is 18.6. The topological polar surface area (TPSA) is 101 Å². The Labute approximate surface area is 222 Å². The monoisotopic (exact) mass is 516 g/mol. The predicted molar refractivity (Wildman–Crippen MR) is 147 cm³/mol. The molecule has 1 amide bonds. The third-order valence-corrected chi connectivity index (χ3v) is 6.58. The van der Waals surface area contributed by atoms with Crippen LogP contribution < -0.4 is 25.3 Å². The Balaban J connectivity index is 1.41. The third-order valence-electron chi connectivity index (χ3n) is 6.58. The molecule has 5 rings (SSSR count). The van der Waals surface area contributed by atoms with Crippen LogP contribution in [0.2, 0.25) is 0 Å². The first kappa shape index (κ1) is 25.5. The molecule has 3 aromatic rings. The largest absolute Gasteiger partial charge is 0.494 e. The van der Waals surface area contributed by atoms with Gasteiger partial charge < -0.3 is 25.0 Å². The zero-order valence-electron chi connectivity index (χ0n) is 21.4. The number of ether oxygens (including phenoxy) is 2. The van der Waals surface area contributed by atoms with Crippen molar-refractivity contribution in [3.05, 3.63) is 73.1 Å². The van der Waals surface area contributed by atoms with Crippen LogP contribution in [0.4, 0.5) is 28.7 Å². The van der Waals surface area contributed by atoms with Crippen LogP contribution >= 0.6 is 0 Å². The van der Waals surface area contributed by atoms with Gasteiger partial charge in [-0.1, -0.05) is 36.9 Å². The van der Waals surface area contributed by atoms with Gasteiger partial charge in [0.05, 0.1) is 50.0 Å². The number of benzene rings is 2. The van der Waals surface area contributed by atoms with Crippen LogP contribution in [0.3, 0.4) is 0 Å². The molecular weight excluding hydrogens is 484 g/mol. The minimum absolute atomic E-state index is 0.170. The molecule has 2 N–H and O–H groups in total. The van der Waals surface area contributed by atoms with E-state index < -0.39 is 0 Å². The Bertz CT molecular complexity index is 1270. The lowest BCUT2D eigenvalue weighted by Crippen LogP contribution is -2.36. The van der Waals surface area contributed by atoms with Crippen molar-refractivity contribution in [2.75, 3.05) is 60.6 Å². The van der Waals surface area contributed by atoms with Crippen molar-refractivity contribution in [2.45, 2.75) is 18.9 Å². The molecule has 2 aromatic carbocycles. The van der Waals surface area contributed by atoms with Crippen molar-refractivity contribution < 1.29 is 19.1 Å². The maximum absolute atomic E-state index is 12.2. The van der Waals surface area contributed by atoms with E-state index in [0.717, 1.165) is 18.5 Å². The summed E-state index contributed by atoms with van der Waals surface area (Å²) in [6.07, 6.45) is 4.52. The summed E-state index contributed by atoms with van der Waals surface area (Å²) in [5, 5.41) is 8.13. The van der Waals surface area contributed by atoms with Crippen molar-refractivity contribution in [1.82, 2.24) is 9.97 Å². The SMILES string of the molecule is C=CC(=O)Nc1cc(Nc2cc(N3OCC[C@H]3Cc3ccccc3)ncn2)c(OC)cc1N1CCOCC1. The molecule has 0 unspecified atom stereocenters. The van der Waals surface area contributed by atoms with Gasteiger partial charge in [0.25, 0.3) is 0 Å². The van der Waals surface area contributed by atoms with Gasteiger partial charge in [-0.2, -0.15) is 0 Å². The van der Waals surface area contributed by atoms with Crippen LogP contribution in [0.1, 0.15) is 12.0 Å². The highest BCUT2D eigenvalue weighted by molar-refractivity contribution is 6.02. The number of hydrogen-bond acceptors (Lipinski definition) is 9. The van der Waals surface area contributed by atoms with E-state index in [4.69, 9.17) is 14.3 Å². The quantitative estimate of drug-likeness (QED) is 0.410. The molecule has 0 radical (unpaired) electrons. The van der Waals surface area contributed by atoms with Crippen LogP contribution in [0, 0.1) is 0 Å². The van der Waals surface area contributed by atoms with Gasteiger partial charge >= 0.3 is 0 Å². The predicted octanol–water partition coefficient (Wildman–Crippen LogP) is 3.94. The smallest absolute Gasteiger partial charge is 0.247 e. The normalized spacial score (nSPS) is 17.2. The highest BCUT2D eigenvalue weighted by Gasteiger charge is 2.28. The van der Waals surface area contributed by atoms with Crippen LogP contribution in [-0.2, 0) is 20.8 Å². The Morgan fingerprint density at radius 3 is 2.71 bits per heavy atom. The highest BCUT2D eigenvalue weighted by Crippen LogP contribution is 2.39. The second kappa shape index (κ2) is 11.9. The summed E-state index contributed by atoms with van der Waals surface area (Å²) in [6, 6.07) is 16.1. The summed E-state index contributed by atoms with van der Waals surface area (Å²) < 4.78 is 11.2. The number of carbonyl (C=O) groups excluding carboxylic acids is 1. The summed E-state index contributed by atoms with van der Waals surface area (Å²) in [6.45, 7) is 6.87. The summed E-state index contributed by atoms with van der Waals surface area (Å²) in [4.78, 5) is 29.2. The van der Waals surface area contributed by atoms with Crippen LogP contribution in [-0.4, -0.2) is 61.9 Å². The number of anilines is 5. The van der Waals surface area contributed by atoms with Crippen LogP contribution in [0.5, 0.6) is 5.75 Å². The minimum Gasteiger partial charge on any atom is -0.494 e. The fraction of sp³-hybridized carbons (Fsp3) is 0.321. The van der Waals surface area contributed by atoms with Crippen molar-refractivity contribution in [2.24, 2.45) is 0 Å². The first-order valence-electron chi connectivity index (χ1n) is 12.7. The molecule has 2 saturated heterocycles. The second-order valence-corrected chi connectivity index (χ2v) is 9.04. The average molecular weight is 517 g/mol. The van der Waals surface area contributed by atoms with Gasteiger partial charge in [0.15, 0.2) is 5.82 Å². The van der Waals surface area contributed by atoms with E-state index in [9.17, 15) is 4.79 Å². The van der Waals surface area contributed by atoms with E-state index in [1.165, 1.54) is 18.0 Å². The summed E-state index contributed by atoms with van der Waals surface area (Å²) in [7, 11) is 1.61. The molecular formula is C28H32N6O4. The molecule has 1 atom stereocenters. The molecule has 0 saturated carbocycles. The van der Waals surface area contributed by atoms with Gasteiger partial charge in [0.2, 0.25) is 5.91 Å². The van der Waals surface area contributed by atoms with Crippen molar-refractivity contribution in [3.63, 3.8) is 0 Å². The molecule has 38 heavy (non-hydrogen) atoms. The molecule has 0 aliphatic carbocycles. The number of carbonyl (C=O) groups is 1. The third kappa shape index (κ3) is 5.87. The molecule has 3 heterocycles. The fourth-order valence-corrected chi connectivity index (χ4v) is 4.69. The Morgan fingerprint density at radius 1 is 1.13 bits per heavy atom. The van der Waals surface area contributed by atoms with Gasteiger partial charge in [-0.15, -0.1) is 0 Å². The van der Waals surface area contributed by atoms with Crippen LogP contribution in [0.15, 0.2) is 67.5 Å². The molecule has 10 nitrogen and oxygen atoms in total. The Hall–Kier alpha value is -4.15. The number of amides is 1. The van der Waals surface area contributed by atoms with Gasteiger partial charge in [0, 0.05) is 25.2 Å². The first-order valence-corrected chi connectivity index (χ1v) is 12.7. The Morgan fingerprint density at radius 2 is 1.95 bits per heavy atom. The number of nitrogens with one attached hydrogen (secondary N) is 2. The van der Waals surface area contributed by atoms with E-state index in [0.29, 0.717) is 61.7 Å². The van der Waals surface area contributed by atoms with E-state index in [2.05, 4.69) is 44.2 Å². The van der Waals surface area contributed by atoms with E-state index in [-0.39, 0.29) is 11.9 Å². The molecule has 2 aliphatic heterocycles. The molecule has 2 aliphatic rings. The number of morpholine rings is 1. The van der Waals surface area contributed by atoms with Crippen molar-refractivity contribution in [1.29, 1.82) is 0 Å². The molecule has 0 bridgehead atoms. The van der Waals surface area contributed by atoms with Gasteiger partial charge in [0.1, 0.15) is 17.9 Å². The zero-order chi connectivity index (χ0) is 26.3. The maximum atomic E-state index is 12.2. The zero-order valence-corrected chi connectivity index (χ0v) is 21.4. The molecule has 2 fully saturated rings. The van der Waals surface area contributed by atoms with E-state index >= 15 is 0 Å². The van der Waals surface area contributed by atoms with Crippen molar-refractivity contribution >= 4 is 34.6 Å². The standard InChI is InChI=1S/C28H32N6O4/c1-3-28(35)32-22-16-23(25(36-2)17-24(22)33-10-13-37-14-11-33)31-26-18-27(30-19-29-26)34-21(9-12-38-34)15-20-7-5-4-6-8-20/h3-8,16-19,21H,1,9-15H2,2H3,(H,32,35)(H,29,30,31)/t21-/m0/s1. The number of methoxy groups -OCH3 is 1. The molecule has 198 valence electrons. The molecule has 0 spiro atoms. The van der Waals surface area contributed by atoms with Crippen LogP contribution in [0.25, 0.3) is 0 Å². The number of rotatable bonds is 9. The average Bonchev–Trinajstić information content (AvgIpc) is 3.42. The summed E-state index contributed by atoms with van der Waals surface area (Å²) in [5.41, 5.74) is 3.39. The number of nitrogens with zero attached hydrogens (tertiary/aromatic N) is 4. The lowest BCUT2D eigenvalue weighted by Gasteiger charge is -2.31. The molecule has 10 heteroatoms. The lowest BCUT2D eigenvalue weighted by atomic mass is 10.0. The summed E-state index contributed by atoms with van der Waals surface area (Å²) >= 11 is 0. The maximum Gasteiger partial charge on any atom is 0.247 e. The van der Waals surface area contributed by atoms with Gasteiger partial charge in [-0.3, -0.25) is 9.63 Å². The summed E-state index contributed by atoms with van der Waals surface area (Å²) in [5.74, 6) is 1.56. The van der Waals surface area contributed by atoms with Gasteiger partial charge in [-0.25, -0.2) is 15.0 Å². The van der Waals surface area contributed by atoms with Crippen molar-refractivity contribution in [3.8, 4) is 5.75 Å². The number of hydroxylamine groups is 1. The second-order valence-electron chi connectivity index (χ2n) is 9.04. The lowest BCUT2D eigenvalue weighted by molar-refractivity contribution is -0.111. The highest BCUT2D eigenvalue weighted by atomic mass is 16.7. The number of aromatic nitrogens is 2. The fourth-order valence-electron chi connectivity index (χ4n) is 4.69. The van der Waals surface area contributed by atoms with E-state index in [1.54, 1.807) is 7.11 Å². The Kier molecular flexibility index (Phi) is 8.01. The number of hydrogen-bond donors (Lipinski definition) is 2.